The van der Waals surface area contributed by atoms with Crippen LogP contribution in [0.15, 0.2) is 28.8 Å². The average molecular weight is 317 g/mol. The van der Waals surface area contributed by atoms with Gasteiger partial charge in [-0.2, -0.15) is 4.98 Å². The number of aliphatic hydroxyl groups is 1. The second-order valence-electron chi connectivity index (χ2n) is 5.59. The van der Waals surface area contributed by atoms with Crippen LogP contribution in [0.5, 0.6) is 5.75 Å². The Bertz CT molecular complexity index is 668. The molecular weight excluding hydrogens is 298 g/mol. The molecule has 0 aliphatic carbocycles. The Balaban J connectivity index is 1.59. The predicted molar refractivity (Wildman–Crippen MR) is 81.0 cm³/mol. The van der Waals surface area contributed by atoms with Crippen LogP contribution < -0.4 is 4.74 Å². The van der Waals surface area contributed by atoms with Gasteiger partial charge in [-0.3, -0.25) is 4.79 Å². The molecule has 0 unspecified atom stereocenters. The maximum Gasteiger partial charge on any atom is 0.253 e. The number of carbonyl (C=O) groups excluding carboxylic acids is 1. The summed E-state index contributed by atoms with van der Waals surface area (Å²) in [6.07, 6.45) is 1.17. The third-order valence-electron chi connectivity index (χ3n) is 3.72. The highest BCUT2D eigenvalue weighted by Crippen LogP contribution is 2.17. The minimum absolute atomic E-state index is 0.0657. The molecule has 1 atom stereocenters. The van der Waals surface area contributed by atoms with E-state index >= 15 is 0 Å². The molecule has 23 heavy (non-hydrogen) atoms. The number of benzene rings is 1. The first kappa shape index (κ1) is 15.5. The monoisotopic (exact) mass is 317 g/mol. The predicted octanol–water partition coefficient (Wildman–Crippen LogP) is 1.55. The molecule has 2 aromatic rings. The van der Waals surface area contributed by atoms with E-state index in [1.165, 1.54) is 0 Å². The van der Waals surface area contributed by atoms with Gasteiger partial charge < -0.3 is 19.3 Å². The minimum atomic E-state index is -0.422. The molecule has 1 saturated heterocycles. The lowest BCUT2D eigenvalue weighted by molar-refractivity contribution is 0.0473. The van der Waals surface area contributed by atoms with Crippen LogP contribution in [0.4, 0.5) is 0 Å². The molecule has 1 fully saturated rings. The number of hydrogen-bond acceptors (Lipinski definition) is 6. The third-order valence-corrected chi connectivity index (χ3v) is 3.72. The topological polar surface area (TPSA) is 88.7 Å². The molecule has 1 aromatic carbocycles. The van der Waals surface area contributed by atoms with Crippen molar-refractivity contribution in [2.75, 3.05) is 13.1 Å². The third kappa shape index (κ3) is 3.87. The average Bonchev–Trinajstić information content (AvgIpc) is 2.98. The van der Waals surface area contributed by atoms with Crippen molar-refractivity contribution in [3.05, 3.63) is 41.5 Å². The molecule has 1 N–H and O–H groups in total. The van der Waals surface area contributed by atoms with Gasteiger partial charge in [-0.1, -0.05) is 5.16 Å². The van der Waals surface area contributed by atoms with Crippen LogP contribution in [0.2, 0.25) is 0 Å². The highest BCUT2D eigenvalue weighted by atomic mass is 16.5. The van der Waals surface area contributed by atoms with Crippen LogP contribution in [-0.4, -0.2) is 45.2 Å². The zero-order valence-electron chi connectivity index (χ0n) is 12.9. The highest BCUT2D eigenvalue weighted by molar-refractivity contribution is 5.94. The van der Waals surface area contributed by atoms with E-state index in [0.717, 1.165) is 12.8 Å². The fraction of sp³-hybridized carbons (Fsp3) is 0.438. The smallest absolute Gasteiger partial charge is 0.253 e. The number of nitrogens with zero attached hydrogens (tertiary/aromatic N) is 3. The summed E-state index contributed by atoms with van der Waals surface area (Å²) in [6, 6.07) is 6.92. The van der Waals surface area contributed by atoms with Crippen molar-refractivity contribution < 1.29 is 19.2 Å². The number of rotatable bonds is 4. The van der Waals surface area contributed by atoms with E-state index in [9.17, 15) is 9.90 Å². The largest absolute Gasteiger partial charge is 0.485 e. The minimum Gasteiger partial charge on any atom is -0.485 e. The van der Waals surface area contributed by atoms with Crippen LogP contribution in [0, 0.1) is 6.92 Å². The number of aliphatic hydroxyl groups excluding tert-OH is 1. The van der Waals surface area contributed by atoms with Gasteiger partial charge in [0, 0.05) is 25.6 Å². The van der Waals surface area contributed by atoms with Crippen molar-refractivity contribution in [1.29, 1.82) is 0 Å². The van der Waals surface area contributed by atoms with Gasteiger partial charge in [-0.25, -0.2) is 0 Å². The van der Waals surface area contributed by atoms with Crippen molar-refractivity contribution in [3.8, 4) is 5.75 Å². The van der Waals surface area contributed by atoms with Gasteiger partial charge in [0.25, 0.3) is 5.91 Å². The van der Waals surface area contributed by atoms with Crippen LogP contribution in [0.3, 0.4) is 0 Å². The van der Waals surface area contributed by atoms with Crippen LogP contribution in [-0.2, 0) is 6.61 Å². The molecule has 7 nitrogen and oxygen atoms in total. The number of carbonyl (C=O) groups is 1. The summed E-state index contributed by atoms with van der Waals surface area (Å²) in [5, 5.41) is 13.4. The summed E-state index contributed by atoms with van der Waals surface area (Å²) < 4.78 is 10.4. The molecular formula is C16H19N3O4. The summed E-state index contributed by atoms with van der Waals surface area (Å²) in [5.74, 6) is 1.53. The van der Waals surface area contributed by atoms with E-state index in [1.54, 1.807) is 36.1 Å². The maximum absolute atomic E-state index is 12.4. The molecule has 7 heteroatoms. The maximum atomic E-state index is 12.4. The van der Waals surface area contributed by atoms with Gasteiger partial charge in [0.1, 0.15) is 5.75 Å². The number of ether oxygens (including phenoxy) is 1. The number of likely N-dealkylation sites (tertiary alicyclic amines) is 1. The summed E-state index contributed by atoms with van der Waals surface area (Å²) in [7, 11) is 0. The Hall–Kier alpha value is -2.41. The molecule has 1 aliphatic rings. The van der Waals surface area contributed by atoms with Crippen molar-refractivity contribution in [3.63, 3.8) is 0 Å². The zero-order chi connectivity index (χ0) is 16.2. The van der Waals surface area contributed by atoms with Gasteiger partial charge in [-0.15, -0.1) is 0 Å². The second kappa shape index (κ2) is 6.78. The van der Waals surface area contributed by atoms with Gasteiger partial charge in [0.2, 0.25) is 11.7 Å². The number of amides is 1. The molecule has 0 spiro atoms. The second-order valence-corrected chi connectivity index (χ2v) is 5.59. The molecule has 0 radical (unpaired) electrons. The summed E-state index contributed by atoms with van der Waals surface area (Å²) in [4.78, 5) is 18.1. The quantitative estimate of drug-likeness (QED) is 0.920. The SMILES string of the molecule is Cc1nc(COc2ccc(C(=O)N3CCC[C@H](O)C3)cc2)no1. The Morgan fingerprint density at radius 1 is 1.43 bits per heavy atom. The lowest BCUT2D eigenvalue weighted by atomic mass is 10.1. The van der Waals surface area contributed by atoms with E-state index in [-0.39, 0.29) is 12.5 Å². The van der Waals surface area contributed by atoms with E-state index in [2.05, 4.69) is 10.1 Å². The first-order valence-corrected chi connectivity index (χ1v) is 7.61. The number of aromatic nitrogens is 2. The molecule has 2 heterocycles. The van der Waals surface area contributed by atoms with E-state index < -0.39 is 6.10 Å². The van der Waals surface area contributed by atoms with Crippen LogP contribution in [0.25, 0.3) is 0 Å². The molecule has 0 bridgehead atoms. The van der Waals surface area contributed by atoms with E-state index in [0.29, 0.717) is 36.1 Å². The Morgan fingerprint density at radius 2 is 2.22 bits per heavy atom. The fourth-order valence-corrected chi connectivity index (χ4v) is 2.56. The van der Waals surface area contributed by atoms with Gasteiger partial charge in [-0.05, 0) is 37.1 Å². The summed E-state index contributed by atoms with van der Waals surface area (Å²) in [5.41, 5.74) is 0.585. The lowest BCUT2D eigenvalue weighted by Gasteiger charge is -2.30. The van der Waals surface area contributed by atoms with E-state index in [1.807, 2.05) is 0 Å². The molecule has 1 aliphatic heterocycles. The Morgan fingerprint density at radius 3 is 2.87 bits per heavy atom. The number of β-amino-alcohol motifs (C(OH)–C–C–N with tert-alkyl or cyclic N) is 1. The Labute approximate surface area is 133 Å². The summed E-state index contributed by atoms with van der Waals surface area (Å²) in [6.45, 7) is 3.01. The van der Waals surface area contributed by atoms with Crippen molar-refractivity contribution in [2.45, 2.75) is 32.5 Å². The molecule has 3 rings (SSSR count). The van der Waals surface area contributed by atoms with Crippen molar-refractivity contribution in [1.82, 2.24) is 15.0 Å². The fourth-order valence-electron chi connectivity index (χ4n) is 2.56. The number of aryl methyl sites for hydroxylation is 1. The standard InChI is InChI=1S/C16H19N3O4/c1-11-17-15(18-23-11)10-22-14-6-4-12(5-7-14)16(21)19-8-2-3-13(20)9-19/h4-7,13,20H,2-3,8-10H2,1H3/t13-/m0/s1. The summed E-state index contributed by atoms with van der Waals surface area (Å²) >= 11 is 0. The molecule has 122 valence electrons. The number of hydrogen-bond donors (Lipinski definition) is 1. The Kier molecular flexibility index (Phi) is 4.57. The number of piperidine rings is 1. The lowest BCUT2D eigenvalue weighted by Crippen LogP contribution is -2.42. The molecule has 1 amide bonds. The normalized spacial score (nSPS) is 18.0. The first-order valence-electron chi connectivity index (χ1n) is 7.61. The van der Waals surface area contributed by atoms with Crippen molar-refractivity contribution in [2.24, 2.45) is 0 Å². The highest BCUT2D eigenvalue weighted by Gasteiger charge is 2.22. The van der Waals surface area contributed by atoms with Crippen LogP contribution >= 0.6 is 0 Å². The molecule has 0 saturated carbocycles. The zero-order valence-corrected chi connectivity index (χ0v) is 12.9. The first-order chi connectivity index (χ1) is 11.1. The van der Waals surface area contributed by atoms with Gasteiger partial charge in [0.05, 0.1) is 6.10 Å². The van der Waals surface area contributed by atoms with Crippen molar-refractivity contribution >= 4 is 5.91 Å². The van der Waals surface area contributed by atoms with Crippen LogP contribution in [0.1, 0.15) is 34.9 Å². The van der Waals surface area contributed by atoms with Gasteiger partial charge >= 0.3 is 0 Å². The molecule has 1 aromatic heterocycles. The van der Waals surface area contributed by atoms with E-state index in [4.69, 9.17) is 9.26 Å². The van der Waals surface area contributed by atoms with Gasteiger partial charge in [0.15, 0.2) is 6.61 Å².